The molecule has 130 valence electrons. The highest BCUT2D eigenvalue weighted by molar-refractivity contribution is 6.31. The van der Waals surface area contributed by atoms with E-state index < -0.39 is 5.97 Å². The van der Waals surface area contributed by atoms with Crippen LogP contribution in [0.25, 0.3) is 0 Å². The highest BCUT2D eigenvalue weighted by Crippen LogP contribution is 2.16. The summed E-state index contributed by atoms with van der Waals surface area (Å²) >= 11 is 6.15. The Labute approximate surface area is 140 Å². The summed E-state index contributed by atoms with van der Waals surface area (Å²) in [5.74, 6) is -0.546. The smallest absolute Gasteiger partial charge is 0.303 e. The SMILES string of the molecule is CCCCCCCCC(Cl)C(=O)CCCCCCCC(=O)O. The number of hydrogen-bond donors (Lipinski definition) is 1. The molecule has 22 heavy (non-hydrogen) atoms. The molecule has 0 aromatic rings. The van der Waals surface area contributed by atoms with Crippen molar-refractivity contribution >= 4 is 23.4 Å². The van der Waals surface area contributed by atoms with Crippen LogP contribution in [0.15, 0.2) is 0 Å². The summed E-state index contributed by atoms with van der Waals surface area (Å²) in [6.45, 7) is 2.21. The monoisotopic (exact) mass is 332 g/mol. The van der Waals surface area contributed by atoms with E-state index in [4.69, 9.17) is 16.7 Å². The van der Waals surface area contributed by atoms with Gasteiger partial charge in [0.2, 0.25) is 0 Å². The van der Waals surface area contributed by atoms with Gasteiger partial charge in [-0.05, 0) is 19.3 Å². The first-order valence-electron chi connectivity index (χ1n) is 8.96. The minimum Gasteiger partial charge on any atom is -0.481 e. The Kier molecular flexibility index (Phi) is 14.9. The third-order valence-corrected chi connectivity index (χ3v) is 4.44. The number of Topliss-reactive ketones (excluding diaryl/α,β-unsaturated/α-hetero) is 1. The zero-order valence-corrected chi connectivity index (χ0v) is 14.9. The van der Waals surface area contributed by atoms with E-state index >= 15 is 0 Å². The minimum absolute atomic E-state index is 0.181. The molecular formula is C18H33ClO3. The van der Waals surface area contributed by atoms with Gasteiger partial charge in [0.05, 0.1) is 5.38 Å². The van der Waals surface area contributed by atoms with Gasteiger partial charge >= 0.3 is 5.97 Å². The largest absolute Gasteiger partial charge is 0.481 e. The van der Waals surface area contributed by atoms with Crippen LogP contribution in [0.1, 0.15) is 96.8 Å². The second-order valence-corrected chi connectivity index (χ2v) is 6.68. The van der Waals surface area contributed by atoms with Crippen LogP contribution in [0.3, 0.4) is 0 Å². The van der Waals surface area contributed by atoms with Gasteiger partial charge in [0.1, 0.15) is 0 Å². The third kappa shape index (κ3) is 14.4. The Morgan fingerprint density at radius 2 is 1.32 bits per heavy atom. The van der Waals surface area contributed by atoms with Gasteiger partial charge in [0, 0.05) is 12.8 Å². The van der Waals surface area contributed by atoms with E-state index in [0.29, 0.717) is 6.42 Å². The van der Waals surface area contributed by atoms with E-state index in [1.165, 1.54) is 32.1 Å². The van der Waals surface area contributed by atoms with E-state index in [1.54, 1.807) is 0 Å². The summed E-state index contributed by atoms with van der Waals surface area (Å²) < 4.78 is 0. The summed E-state index contributed by atoms with van der Waals surface area (Å²) in [5.41, 5.74) is 0. The predicted molar refractivity (Wildman–Crippen MR) is 92.6 cm³/mol. The normalized spacial score (nSPS) is 12.3. The molecule has 0 rings (SSSR count). The number of carboxylic acids is 1. The molecule has 0 saturated heterocycles. The Morgan fingerprint density at radius 1 is 0.818 bits per heavy atom. The molecule has 0 bridgehead atoms. The first-order chi connectivity index (χ1) is 10.6. The van der Waals surface area contributed by atoms with Crippen molar-refractivity contribution in [2.24, 2.45) is 0 Å². The molecule has 1 N–H and O–H groups in total. The van der Waals surface area contributed by atoms with Gasteiger partial charge in [-0.15, -0.1) is 11.6 Å². The average Bonchev–Trinajstić information content (AvgIpc) is 2.49. The van der Waals surface area contributed by atoms with Crippen molar-refractivity contribution in [3.8, 4) is 0 Å². The molecule has 0 saturated carbocycles. The zero-order chi connectivity index (χ0) is 16.6. The fraction of sp³-hybridized carbons (Fsp3) is 0.889. The van der Waals surface area contributed by atoms with Gasteiger partial charge in [0.25, 0.3) is 0 Å². The predicted octanol–water partition coefficient (Wildman–Crippen LogP) is 5.73. The van der Waals surface area contributed by atoms with Crippen LogP contribution in [0.5, 0.6) is 0 Å². The third-order valence-electron chi connectivity index (χ3n) is 3.97. The molecule has 1 atom stereocenters. The van der Waals surface area contributed by atoms with Gasteiger partial charge in [0.15, 0.2) is 5.78 Å². The lowest BCUT2D eigenvalue weighted by Gasteiger charge is -2.08. The van der Waals surface area contributed by atoms with Crippen molar-refractivity contribution < 1.29 is 14.7 Å². The zero-order valence-electron chi connectivity index (χ0n) is 14.1. The molecule has 0 aliphatic carbocycles. The first-order valence-corrected chi connectivity index (χ1v) is 9.40. The van der Waals surface area contributed by atoms with Crippen molar-refractivity contribution in [1.82, 2.24) is 0 Å². The van der Waals surface area contributed by atoms with Crippen molar-refractivity contribution in [3.63, 3.8) is 0 Å². The van der Waals surface area contributed by atoms with E-state index in [9.17, 15) is 9.59 Å². The number of unbranched alkanes of at least 4 members (excludes halogenated alkanes) is 9. The number of carbonyl (C=O) groups is 2. The van der Waals surface area contributed by atoms with Crippen LogP contribution in [-0.4, -0.2) is 22.2 Å². The number of rotatable bonds is 16. The average molecular weight is 333 g/mol. The fourth-order valence-corrected chi connectivity index (χ4v) is 2.79. The van der Waals surface area contributed by atoms with Crippen LogP contribution < -0.4 is 0 Å². The van der Waals surface area contributed by atoms with E-state index in [0.717, 1.165) is 44.9 Å². The maximum Gasteiger partial charge on any atom is 0.303 e. The van der Waals surface area contributed by atoms with Crippen LogP contribution in [0.4, 0.5) is 0 Å². The lowest BCUT2D eigenvalue weighted by Crippen LogP contribution is -2.14. The van der Waals surface area contributed by atoms with Crippen molar-refractivity contribution in [1.29, 1.82) is 0 Å². The van der Waals surface area contributed by atoms with Crippen LogP contribution in [0.2, 0.25) is 0 Å². The molecule has 0 aromatic heterocycles. The number of aliphatic carboxylic acids is 1. The van der Waals surface area contributed by atoms with Crippen LogP contribution in [-0.2, 0) is 9.59 Å². The Bertz CT molecular complexity index is 292. The quantitative estimate of drug-likeness (QED) is 0.290. The van der Waals surface area contributed by atoms with Gasteiger partial charge in [-0.25, -0.2) is 0 Å². The standard InChI is InChI=1S/C18H33ClO3/c1-2-3-4-5-7-10-13-16(19)17(20)14-11-8-6-9-12-15-18(21)22/h16H,2-15H2,1H3,(H,21,22). The van der Waals surface area contributed by atoms with E-state index in [1.807, 2.05) is 0 Å². The van der Waals surface area contributed by atoms with Crippen molar-refractivity contribution in [2.75, 3.05) is 0 Å². The maximum absolute atomic E-state index is 11.9. The highest BCUT2D eigenvalue weighted by Gasteiger charge is 2.14. The van der Waals surface area contributed by atoms with E-state index in [-0.39, 0.29) is 17.6 Å². The summed E-state index contributed by atoms with van der Waals surface area (Å²) in [5, 5.41) is 8.21. The van der Waals surface area contributed by atoms with Gasteiger partial charge in [-0.1, -0.05) is 64.7 Å². The summed E-state index contributed by atoms with van der Waals surface area (Å²) in [7, 11) is 0. The number of halogens is 1. The lowest BCUT2D eigenvalue weighted by molar-refractivity contribution is -0.137. The molecule has 3 nitrogen and oxygen atoms in total. The van der Waals surface area contributed by atoms with Crippen molar-refractivity contribution in [3.05, 3.63) is 0 Å². The Morgan fingerprint density at radius 3 is 1.91 bits per heavy atom. The summed E-state index contributed by atoms with van der Waals surface area (Å²) in [4.78, 5) is 22.2. The Hall–Kier alpha value is -0.570. The minimum atomic E-state index is -0.727. The molecule has 4 heteroatoms. The molecule has 1 unspecified atom stereocenters. The van der Waals surface area contributed by atoms with Gasteiger partial charge in [-0.2, -0.15) is 0 Å². The second-order valence-electron chi connectivity index (χ2n) is 6.15. The number of carbonyl (C=O) groups excluding carboxylic acids is 1. The molecule has 0 amide bonds. The van der Waals surface area contributed by atoms with Crippen LogP contribution >= 0.6 is 11.6 Å². The highest BCUT2D eigenvalue weighted by atomic mass is 35.5. The molecule has 0 fully saturated rings. The van der Waals surface area contributed by atoms with Crippen molar-refractivity contribution in [2.45, 2.75) is 102 Å². The molecule has 0 aliphatic rings. The number of alkyl halides is 1. The maximum atomic E-state index is 11.9. The Balaban J connectivity index is 3.40. The van der Waals surface area contributed by atoms with Crippen LogP contribution in [0, 0.1) is 0 Å². The number of ketones is 1. The molecule has 0 spiro atoms. The van der Waals surface area contributed by atoms with E-state index in [2.05, 4.69) is 6.92 Å². The lowest BCUT2D eigenvalue weighted by atomic mass is 10.0. The second kappa shape index (κ2) is 15.3. The molecular weight excluding hydrogens is 300 g/mol. The molecule has 0 aromatic carbocycles. The van der Waals surface area contributed by atoms with Gasteiger partial charge in [-0.3, -0.25) is 9.59 Å². The number of hydrogen-bond acceptors (Lipinski definition) is 2. The summed E-state index contributed by atoms with van der Waals surface area (Å²) in [6, 6.07) is 0. The molecule has 0 radical (unpaired) electrons. The fourth-order valence-electron chi connectivity index (χ4n) is 2.53. The van der Waals surface area contributed by atoms with Gasteiger partial charge < -0.3 is 5.11 Å². The topological polar surface area (TPSA) is 54.4 Å². The molecule has 0 heterocycles. The first kappa shape index (κ1) is 21.4. The number of carboxylic acid groups (broad SMARTS) is 1. The molecule has 0 aliphatic heterocycles. The summed E-state index contributed by atoms with van der Waals surface area (Å²) in [6.07, 6.45) is 13.5.